The third-order valence-electron chi connectivity index (χ3n) is 2.37. The quantitative estimate of drug-likeness (QED) is 0.707. The molecule has 2 N–H and O–H groups in total. The maximum absolute atomic E-state index is 11.7. The second-order valence-corrected chi connectivity index (χ2v) is 5.53. The van der Waals surface area contributed by atoms with E-state index in [4.69, 9.17) is 0 Å². The summed E-state index contributed by atoms with van der Waals surface area (Å²) in [6.07, 6.45) is 1.31. The fourth-order valence-corrected chi connectivity index (χ4v) is 1.36. The number of likely N-dealkylation sites (N-methyl/N-ethyl adjacent to an activating group) is 1. The Hall–Kier alpha value is -1.10. The average molecular weight is 257 g/mol. The molecule has 2 amide bonds. The first-order valence-corrected chi connectivity index (χ1v) is 6.52. The molecule has 5 heteroatoms. The molecule has 0 radical (unpaired) electrons. The zero-order chi connectivity index (χ0) is 14.2. The van der Waals surface area contributed by atoms with E-state index in [1.165, 1.54) is 4.90 Å². The van der Waals surface area contributed by atoms with Crippen molar-refractivity contribution in [2.45, 2.75) is 46.1 Å². The molecule has 0 fully saturated rings. The lowest BCUT2D eigenvalue weighted by molar-refractivity contribution is -0.134. The average Bonchev–Trinajstić information content (AvgIpc) is 2.24. The topological polar surface area (TPSA) is 61.4 Å². The van der Waals surface area contributed by atoms with E-state index < -0.39 is 0 Å². The number of amides is 2. The van der Waals surface area contributed by atoms with Gasteiger partial charge in [0.1, 0.15) is 0 Å². The lowest BCUT2D eigenvalue weighted by Gasteiger charge is -2.22. The Kier molecular flexibility index (Phi) is 7.59. The third-order valence-corrected chi connectivity index (χ3v) is 2.37. The van der Waals surface area contributed by atoms with Crippen molar-refractivity contribution < 1.29 is 9.59 Å². The van der Waals surface area contributed by atoms with Gasteiger partial charge in [-0.15, -0.1) is 0 Å². The van der Waals surface area contributed by atoms with Gasteiger partial charge in [-0.05, 0) is 27.2 Å². The van der Waals surface area contributed by atoms with Crippen LogP contribution in [0.5, 0.6) is 0 Å². The molecule has 0 spiro atoms. The standard InChI is InChI=1S/C13H27N3O2/c1-6-8-14-11(17)10-16(5)12(18)7-9-15-13(2,3)4/h15H,6-10H2,1-5H3,(H,14,17). The lowest BCUT2D eigenvalue weighted by atomic mass is 10.1. The Bertz CT molecular complexity index is 272. The summed E-state index contributed by atoms with van der Waals surface area (Å²) in [5.74, 6) is -0.116. The molecule has 0 aromatic rings. The molecule has 0 aliphatic rings. The van der Waals surface area contributed by atoms with E-state index in [9.17, 15) is 9.59 Å². The van der Waals surface area contributed by atoms with E-state index in [2.05, 4.69) is 31.4 Å². The molecular weight excluding hydrogens is 230 g/mol. The molecule has 106 valence electrons. The van der Waals surface area contributed by atoms with E-state index in [-0.39, 0.29) is 23.9 Å². The van der Waals surface area contributed by atoms with Gasteiger partial charge in [0.2, 0.25) is 11.8 Å². The van der Waals surface area contributed by atoms with Gasteiger partial charge in [0.15, 0.2) is 0 Å². The number of nitrogens with one attached hydrogen (secondary N) is 2. The highest BCUT2D eigenvalue weighted by molar-refractivity contribution is 5.84. The van der Waals surface area contributed by atoms with Gasteiger partial charge in [-0.2, -0.15) is 0 Å². The minimum atomic E-state index is -0.100. The normalized spacial score (nSPS) is 11.2. The van der Waals surface area contributed by atoms with Gasteiger partial charge in [0, 0.05) is 32.1 Å². The number of carbonyl (C=O) groups excluding carboxylic acids is 2. The Morgan fingerprint density at radius 1 is 1.17 bits per heavy atom. The Labute approximate surface area is 110 Å². The zero-order valence-corrected chi connectivity index (χ0v) is 12.3. The number of carbonyl (C=O) groups is 2. The zero-order valence-electron chi connectivity index (χ0n) is 12.3. The molecule has 5 nitrogen and oxygen atoms in total. The van der Waals surface area contributed by atoms with Crippen molar-refractivity contribution in [2.75, 3.05) is 26.7 Å². The van der Waals surface area contributed by atoms with E-state index >= 15 is 0 Å². The van der Waals surface area contributed by atoms with Crippen LogP contribution in [0.3, 0.4) is 0 Å². The summed E-state index contributed by atoms with van der Waals surface area (Å²) in [4.78, 5) is 24.6. The molecule has 0 saturated heterocycles. The predicted molar refractivity (Wildman–Crippen MR) is 73.3 cm³/mol. The number of hydrogen-bond donors (Lipinski definition) is 2. The predicted octanol–water partition coefficient (Wildman–Crippen LogP) is 0.749. The van der Waals surface area contributed by atoms with Gasteiger partial charge in [-0.25, -0.2) is 0 Å². The molecule has 0 saturated carbocycles. The fraction of sp³-hybridized carbons (Fsp3) is 0.846. The first-order chi connectivity index (χ1) is 8.26. The van der Waals surface area contributed by atoms with Crippen molar-refractivity contribution in [1.29, 1.82) is 0 Å². The van der Waals surface area contributed by atoms with Crippen LogP contribution in [0.2, 0.25) is 0 Å². The Morgan fingerprint density at radius 3 is 2.28 bits per heavy atom. The summed E-state index contributed by atoms with van der Waals surface area (Å²) in [5.41, 5.74) is 0.0113. The number of rotatable bonds is 7. The van der Waals surface area contributed by atoms with Crippen LogP contribution in [0, 0.1) is 0 Å². The van der Waals surface area contributed by atoms with Crippen molar-refractivity contribution in [2.24, 2.45) is 0 Å². The highest BCUT2D eigenvalue weighted by atomic mass is 16.2. The van der Waals surface area contributed by atoms with Gasteiger partial charge < -0.3 is 15.5 Å². The van der Waals surface area contributed by atoms with E-state index in [1.54, 1.807) is 7.05 Å². The minimum Gasteiger partial charge on any atom is -0.355 e. The van der Waals surface area contributed by atoms with Gasteiger partial charge in [-0.1, -0.05) is 6.92 Å². The molecule has 0 bridgehead atoms. The van der Waals surface area contributed by atoms with Crippen LogP contribution in [-0.4, -0.2) is 48.9 Å². The van der Waals surface area contributed by atoms with E-state index in [1.807, 2.05) is 6.92 Å². The smallest absolute Gasteiger partial charge is 0.239 e. The van der Waals surface area contributed by atoms with Crippen molar-refractivity contribution in [1.82, 2.24) is 15.5 Å². The van der Waals surface area contributed by atoms with Gasteiger partial charge in [0.25, 0.3) is 0 Å². The lowest BCUT2D eigenvalue weighted by Crippen LogP contribution is -2.41. The van der Waals surface area contributed by atoms with Crippen LogP contribution < -0.4 is 10.6 Å². The van der Waals surface area contributed by atoms with E-state index in [0.717, 1.165) is 6.42 Å². The molecule has 0 aromatic heterocycles. The first kappa shape index (κ1) is 16.9. The van der Waals surface area contributed by atoms with Crippen molar-refractivity contribution >= 4 is 11.8 Å². The highest BCUT2D eigenvalue weighted by Crippen LogP contribution is 1.99. The minimum absolute atomic E-state index is 0.0113. The summed E-state index contributed by atoms with van der Waals surface area (Å²) in [7, 11) is 1.66. The molecule has 0 atom stereocenters. The second kappa shape index (κ2) is 8.08. The molecule has 0 aliphatic heterocycles. The molecule has 0 aromatic carbocycles. The molecular formula is C13H27N3O2. The molecule has 18 heavy (non-hydrogen) atoms. The monoisotopic (exact) mass is 257 g/mol. The van der Waals surface area contributed by atoms with Crippen LogP contribution >= 0.6 is 0 Å². The Balaban J connectivity index is 3.86. The van der Waals surface area contributed by atoms with E-state index in [0.29, 0.717) is 19.5 Å². The summed E-state index contributed by atoms with van der Waals surface area (Å²) >= 11 is 0. The Morgan fingerprint density at radius 2 is 1.78 bits per heavy atom. The number of nitrogens with zero attached hydrogens (tertiary/aromatic N) is 1. The highest BCUT2D eigenvalue weighted by Gasteiger charge is 2.14. The molecule has 0 unspecified atom stereocenters. The fourth-order valence-electron chi connectivity index (χ4n) is 1.36. The van der Waals surface area contributed by atoms with Crippen LogP contribution in [-0.2, 0) is 9.59 Å². The van der Waals surface area contributed by atoms with Crippen LogP contribution in [0.1, 0.15) is 40.5 Å². The molecule has 0 heterocycles. The maximum atomic E-state index is 11.7. The molecule has 0 rings (SSSR count). The summed E-state index contributed by atoms with van der Waals surface area (Å²) in [5, 5.41) is 6.00. The first-order valence-electron chi connectivity index (χ1n) is 6.52. The van der Waals surface area contributed by atoms with Crippen LogP contribution in [0.15, 0.2) is 0 Å². The largest absolute Gasteiger partial charge is 0.355 e. The number of hydrogen-bond acceptors (Lipinski definition) is 3. The van der Waals surface area contributed by atoms with Crippen molar-refractivity contribution in [3.63, 3.8) is 0 Å². The van der Waals surface area contributed by atoms with Crippen molar-refractivity contribution in [3.8, 4) is 0 Å². The maximum Gasteiger partial charge on any atom is 0.239 e. The van der Waals surface area contributed by atoms with Crippen molar-refractivity contribution in [3.05, 3.63) is 0 Å². The molecule has 0 aliphatic carbocycles. The third kappa shape index (κ3) is 8.98. The van der Waals surface area contributed by atoms with Crippen LogP contribution in [0.4, 0.5) is 0 Å². The van der Waals surface area contributed by atoms with Gasteiger partial charge in [-0.3, -0.25) is 9.59 Å². The summed E-state index contributed by atoms with van der Waals surface area (Å²) in [6.45, 7) is 9.58. The van der Waals surface area contributed by atoms with Crippen LogP contribution in [0.25, 0.3) is 0 Å². The summed E-state index contributed by atoms with van der Waals surface area (Å²) < 4.78 is 0. The summed E-state index contributed by atoms with van der Waals surface area (Å²) in [6, 6.07) is 0. The van der Waals surface area contributed by atoms with Gasteiger partial charge in [0.05, 0.1) is 6.54 Å². The second-order valence-electron chi connectivity index (χ2n) is 5.53. The SMILES string of the molecule is CCCNC(=O)CN(C)C(=O)CCNC(C)(C)C. The van der Waals surface area contributed by atoms with Gasteiger partial charge >= 0.3 is 0 Å².